The van der Waals surface area contributed by atoms with Gasteiger partial charge in [-0.2, -0.15) is 26.3 Å². The Balaban J connectivity index is 1.32. The first-order valence-corrected chi connectivity index (χ1v) is 12.2. The largest absolute Gasteiger partial charge is 0.437 e. The molecule has 0 saturated heterocycles. The van der Waals surface area contributed by atoms with Gasteiger partial charge in [0, 0.05) is 12.0 Å². The Morgan fingerprint density at radius 2 is 1.65 bits per heavy atom. The van der Waals surface area contributed by atoms with Crippen LogP contribution in [0.15, 0.2) is 65.8 Å². The summed E-state index contributed by atoms with van der Waals surface area (Å²) in [6.45, 7) is 0. The van der Waals surface area contributed by atoms with E-state index >= 15 is 0 Å². The third kappa shape index (κ3) is 6.01. The van der Waals surface area contributed by atoms with Crippen molar-refractivity contribution in [3.8, 4) is 11.6 Å². The summed E-state index contributed by atoms with van der Waals surface area (Å²) < 4.78 is 107. The number of nitrogens with one attached hydrogen (secondary N) is 1. The number of halogens is 6. The van der Waals surface area contributed by atoms with Crippen molar-refractivity contribution in [2.45, 2.75) is 35.3 Å². The third-order valence-corrected chi connectivity index (χ3v) is 7.82. The van der Waals surface area contributed by atoms with Gasteiger partial charge in [-0.05, 0) is 49.2 Å². The number of rotatable bonds is 6. The Kier molecular flexibility index (Phi) is 6.88. The van der Waals surface area contributed by atoms with Gasteiger partial charge in [-0.1, -0.05) is 6.07 Å². The maximum absolute atomic E-state index is 12.9. The van der Waals surface area contributed by atoms with Crippen LogP contribution in [0.1, 0.15) is 24.1 Å². The Bertz CT molecular complexity index is 1390. The highest BCUT2D eigenvalue weighted by atomic mass is 32.2. The minimum atomic E-state index is -4.68. The number of sulfone groups is 1. The van der Waals surface area contributed by atoms with Gasteiger partial charge >= 0.3 is 12.4 Å². The number of amides is 1. The number of carbonyl (C=O) groups excluding carboxylic acids is 1. The summed E-state index contributed by atoms with van der Waals surface area (Å²) in [5.41, 5.74) is -1.89. The van der Waals surface area contributed by atoms with E-state index in [4.69, 9.17) is 4.74 Å². The summed E-state index contributed by atoms with van der Waals surface area (Å²) in [5.74, 6) is -1.12. The maximum atomic E-state index is 12.9. The van der Waals surface area contributed by atoms with E-state index in [0.29, 0.717) is 6.07 Å². The number of aromatic nitrogens is 2. The van der Waals surface area contributed by atoms with Crippen molar-refractivity contribution in [3.05, 3.63) is 72.2 Å². The standard InChI is InChI=1S/C23H17F6N3O4S/c24-22(25,26)14-2-1-3-17(10-14)37(34,35)18-8-13(9-18)21(33)32-15-4-7-20(31-11-15)36-16-5-6-19(30-12-16)23(27,28)29/h1-7,10-13,18H,8-9H2,(H,32,33). The van der Waals surface area contributed by atoms with Gasteiger partial charge in [0.1, 0.15) is 11.4 Å². The first-order valence-electron chi connectivity index (χ1n) is 10.6. The Labute approximate surface area is 206 Å². The second-order valence-electron chi connectivity index (χ2n) is 8.21. The fraction of sp³-hybridized carbons (Fsp3) is 0.261. The summed E-state index contributed by atoms with van der Waals surface area (Å²) in [4.78, 5) is 19.2. The maximum Gasteiger partial charge on any atom is 0.433 e. The molecule has 196 valence electrons. The van der Waals surface area contributed by atoms with Gasteiger partial charge in [0.15, 0.2) is 9.84 Å². The van der Waals surface area contributed by atoms with E-state index < -0.39 is 55.4 Å². The lowest BCUT2D eigenvalue weighted by molar-refractivity contribution is -0.141. The van der Waals surface area contributed by atoms with Crippen LogP contribution < -0.4 is 10.1 Å². The van der Waals surface area contributed by atoms with Crippen LogP contribution in [-0.2, 0) is 27.0 Å². The molecule has 0 bridgehead atoms. The number of pyridine rings is 2. The molecule has 7 nitrogen and oxygen atoms in total. The normalized spacial score (nSPS) is 18.1. The van der Waals surface area contributed by atoms with Gasteiger partial charge < -0.3 is 10.1 Å². The molecule has 1 aromatic carbocycles. The molecule has 1 fully saturated rings. The fourth-order valence-corrected chi connectivity index (χ4v) is 5.48. The average Bonchev–Trinajstić information content (AvgIpc) is 2.78. The molecule has 1 aliphatic carbocycles. The topological polar surface area (TPSA) is 98.2 Å². The molecule has 0 unspecified atom stereocenters. The van der Waals surface area contributed by atoms with E-state index in [-0.39, 0.29) is 30.2 Å². The van der Waals surface area contributed by atoms with E-state index in [9.17, 15) is 39.6 Å². The number of nitrogens with zero attached hydrogens (tertiary/aromatic N) is 2. The molecule has 2 aromatic heterocycles. The van der Waals surface area contributed by atoms with Gasteiger partial charge in [-0.3, -0.25) is 4.79 Å². The number of hydrogen-bond donors (Lipinski definition) is 1. The van der Waals surface area contributed by atoms with Crippen molar-refractivity contribution < 1.29 is 44.3 Å². The van der Waals surface area contributed by atoms with Crippen LogP contribution in [0.3, 0.4) is 0 Å². The zero-order valence-corrected chi connectivity index (χ0v) is 19.4. The molecule has 3 aromatic rings. The van der Waals surface area contributed by atoms with Crippen LogP contribution in [-0.4, -0.2) is 29.5 Å². The lowest BCUT2D eigenvalue weighted by Crippen LogP contribution is -2.42. The van der Waals surface area contributed by atoms with Crippen molar-refractivity contribution in [3.63, 3.8) is 0 Å². The predicted molar refractivity (Wildman–Crippen MR) is 117 cm³/mol. The Hall–Kier alpha value is -3.68. The highest BCUT2D eigenvalue weighted by molar-refractivity contribution is 7.92. The number of alkyl halides is 6. The molecule has 2 heterocycles. The molecule has 0 radical (unpaired) electrons. The first kappa shape index (κ1) is 26.4. The second kappa shape index (κ2) is 9.65. The number of hydrogen-bond acceptors (Lipinski definition) is 6. The highest BCUT2D eigenvalue weighted by Crippen LogP contribution is 2.38. The molecule has 1 saturated carbocycles. The predicted octanol–water partition coefficient (Wildman–Crippen LogP) is 5.50. The summed E-state index contributed by atoms with van der Waals surface area (Å²) in [5, 5.41) is 1.57. The van der Waals surface area contributed by atoms with Crippen LogP contribution in [0, 0.1) is 5.92 Å². The van der Waals surface area contributed by atoms with E-state index in [0.717, 1.165) is 36.5 Å². The van der Waals surface area contributed by atoms with Gasteiger partial charge in [0.2, 0.25) is 11.8 Å². The smallest absolute Gasteiger partial charge is 0.433 e. The quantitative estimate of drug-likeness (QED) is 0.411. The lowest BCUT2D eigenvalue weighted by atomic mass is 9.84. The SMILES string of the molecule is O=C(Nc1ccc(Oc2ccc(C(F)(F)F)nc2)nc1)C1CC(S(=O)(=O)c2cccc(C(F)(F)F)c2)C1. The number of ether oxygens (including phenoxy) is 1. The van der Waals surface area contributed by atoms with Crippen LogP contribution in [0.25, 0.3) is 0 Å². The van der Waals surface area contributed by atoms with Gasteiger partial charge in [-0.15, -0.1) is 0 Å². The lowest BCUT2D eigenvalue weighted by Gasteiger charge is -2.33. The Morgan fingerprint density at radius 1 is 0.919 bits per heavy atom. The number of carbonyl (C=O) groups is 1. The van der Waals surface area contributed by atoms with Crippen molar-refractivity contribution in [1.29, 1.82) is 0 Å². The van der Waals surface area contributed by atoms with Crippen molar-refractivity contribution >= 4 is 21.4 Å². The second-order valence-corrected chi connectivity index (χ2v) is 10.4. The van der Waals surface area contributed by atoms with E-state index in [1.807, 2.05) is 0 Å². The molecule has 1 amide bonds. The van der Waals surface area contributed by atoms with Crippen LogP contribution in [0.2, 0.25) is 0 Å². The van der Waals surface area contributed by atoms with Gasteiger partial charge in [0.25, 0.3) is 0 Å². The zero-order valence-electron chi connectivity index (χ0n) is 18.5. The zero-order chi connectivity index (χ0) is 27.0. The molecule has 4 rings (SSSR count). The molecular weight excluding hydrogens is 528 g/mol. The van der Waals surface area contributed by atoms with E-state index in [2.05, 4.69) is 15.3 Å². The fourth-order valence-electron chi connectivity index (χ4n) is 3.56. The highest BCUT2D eigenvalue weighted by Gasteiger charge is 2.43. The van der Waals surface area contributed by atoms with Crippen molar-refractivity contribution in [2.75, 3.05) is 5.32 Å². The molecule has 1 aliphatic rings. The third-order valence-electron chi connectivity index (χ3n) is 5.65. The summed E-state index contributed by atoms with van der Waals surface area (Å²) in [7, 11) is -4.05. The summed E-state index contributed by atoms with van der Waals surface area (Å²) >= 11 is 0. The molecule has 14 heteroatoms. The minimum absolute atomic E-state index is 0.0137. The average molecular weight is 545 g/mol. The molecular formula is C23H17F6N3O4S. The van der Waals surface area contributed by atoms with Crippen LogP contribution >= 0.6 is 0 Å². The Morgan fingerprint density at radius 3 is 2.22 bits per heavy atom. The van der Waals surface area contributed by atoms with Gasteiger partial charge in [0.05, 0.1) is 33.8 Å². The van der Waals surface area contributed by atoms with Crippen LogP contribution in [0.4, 0.5) is 32.0 Å². The molecule has 0 atom stereocenters. The van der Waals surface area contributed by atoms with Crippen molar-refractivity contribution in [2.24, 2.45) is 5.92 Å². The summed E-state index contributed by atoms with van der Waals surface area (Å²) in [6.07, 6.45) is -7.25. The molecule has 0 aliphatic heterocycles. The molecule has 0 spiro atoms. The molecule has 1 N–H and O–H groups in total. The minimum Gasteiger partial charge on any atom is -0.437 e. The number of benzene rings is 1. The first-order chi connectivity index (χ1) is 17.2. The van der Waals surface area contributed by atoms with Crippen LogP contribution in [0.5, 0.6) is 11.6 Å². The monoisotopic (exact) mass is 545 g/mol. The van der Waals surface area contributed by atoms with E-state index in [1.54, 1.807) is 0 Å². The molecule has 37 heavy (non-hydrogen) atoms. The number of anilines is 1. The van der Waals surface area contributed by atoms with Gasteiger partial charge in [-0.25, -0.2) is 18.4 Å². The van der Waals surface area contributed by atoms with E-state index in [1.165, 1.54) is 18.3 Å². The van der Waals surface area contributed by atoms with Crippen molar-refractivity contribution in [1.82, 2.24) is 9.97 Å². The summed E-state index contributed by atoms with van der Waals surface area (Å²) in [6, 6.07) is 8.08.